The molecule has 4 nitrogen and oxygen atoms in total. The van der Waals surface area contributed by atoms with Crippen LogP contribution in [0.5, 0.6) is 0 Å². The van der Waals surface area contributed by atoms with Gasteiger partial charge in [0.25, 0.3) is 5.56 Å². The van der Waals surface area contributed by atoms with Crippen LogP contribution in [0, 0.1) is 0 Å². The number of hydrogen-bond acceptors (Lipinski definition) is 4. The van der Waals surface area contributed by atoms with Crippen molar-refractivity contribution in [1.29, 1.82) is 0 Å². The Morgan fingerprint density at radius 3 is 3.12 bits per heavy atom. The van der Waals surface area contributed by atoms with Crippen molar-refractivity contribution in [1.82, 2.24) is 9.55 Å². The van der Waals surface area contributed by atoms with Crippen molar-refractivity contribution >= 4 is 17.2 Å². The standard InChI is InChI=1S/C11H13N3OS/c1-2-14-5-4-12-10(11(14)15)13-7-9-3-6-16-8-9/h3-6,8H,2,7H2,1H3,(H,12,13). The molecule has 0 aliphatic carbocycles. The molecule has 0 aliphatic rings. The maximum absolute atomic E-state index is 11.8. The van der Waals surface area contributed by atoms with Gasteiger partial charge in [-0.25, -0.2) is 4.98 Å². The van der Waals surface area contributed by atoms with Crippen LogP contribution in [0.4, 0.5) is 5.82 Å². The first kappa shape index (κ1) is 10.9. The van der Waals surface area contributed by atoms with Crippen LogP contribution in [0.15, 0.2) is 34.0 Å². The van der Waals surface area contributed by atoms with E-state index in [0.29, 0.717) is 18.9 Å². The van der Waals surface area contributed by atoms with Gasteiger partial charge in [-0.1, -0.05) is 0 Å². The summed E-state index contributed by atoms with van der Waals surface area (Å²) >= 11 is 1.64. The van der Waals surface area contributed by atoms with E-state index in [2.05, 4.69) is 10.3 Å². The molecule has 0 saturated heterocycles. The van der Waals surface area contributed by atoms with Crippen molar-refractivity contribution in [2.75, 3.05) is 5.32 Å². The summed E-state index contributed by atoms with van der Waals surface area (Å²) in [6, 6.07) is 2.03. The van der Waals surface area contributed by atoms with Crippen LogP contribution in [0.25, 0.3) is 0 Å². The Morgan fingerprint density at radius 2 is 2.44 bits per heavy atom. The van der Waals surface area contributed by atoms with E-state index in [-0.39, 0.29) is 5.56 Å². The summed E-state index contributed by atoms with van der Waals surface area (Å²) in [6.07, 6.45) is 3.33. The minimum atomic E-state index is -0.0692. The lowest BCUT2D eigenvalue weighted by atomic mass is 10.3. The van der Waals surface area contributed by atoms with Crippen LogP contribution in [0.1, 0.15) is 12.5 Å². The Bertz CT molecular complexity index is 504. The molecule has 0 amide bonds. The van der Waals surface area contributed by atoms with E-state index in [1.54, 1.807) is 28.3 Å². The molecular weight excluding hydrogens is 222 g/mol. The van der Waals surface area contributed by atoms with E-state index in [0.717, 1.165) is 5.56 Å². The molecule has 16 heavy (non-hydrogen) atoms. The lowest BCUT2D eigenvalue weighted by Gasteiger charge is -2.06. The minimum Gasteiger partial charge on any atom is -0.361 e. The molecule has 0 saturated carbocycles. The average molecular weight is 235 g/mol. The van der Waals surface area contributed by atoms with Gasteiger partial charge in [-0.3, -0.25) is 4.79 Å². The first-order chi connectivity index (χ1) is 7.81. The highest BCUT2D eigenvalue weighted by atomic mass is 32.1. The normalized spacial score (nSPS) is 10.3. The van der Waals surface area contributed by atoms with Crippen molar-refractivity contribution in [3.63, 3.8) is 0 Å². The number of nitrogens with one attached hydrogen (secondary N) is 1. The Balaban J connectivity index is 2.13. The van der Waals surface area contributed by atoms with Gasteiger partial charge in [-0.15, -0.1) is 0 Å². The largest absolute Gasteiger partial charge is 0.361 e. The number of rotatable bonds is 4. The van der Waals surface area contributed by atoms with Gasteiger partial charge in [0.15, 0.2) is 5.82 Å². The fourth-order valence-corrected chi connectivity index (χ4v) is 2.07. The van der Waals surface area contributed by atoms with Gasteiger partial charge >= 0.3 is 0 Å². The summed E-state index contributed by atoms with van der Waals surface area (Å²) in [5.41, 5.74) is 1.10. The van der Waals surface area contributed by atoms with Gasteiger partial charge in [0.1, 0.15) is 0 Å². The summed E-state index contributed by atoms with van der Waals surface area (Å²) in [5, 5.41) is 7.12. The highest BCUT2D eigenvalue weighted by molar-refractivity contribution is 7.07. The SMILES string of the molecule is CCn1ccnc(NCc2ccsc2)c1=O. The highest BCUT2D eigenvalue weighted by Gasteiger charge is 2.02. The maximum atomic E-state index is 11.8. The zero-order valence-electron chi connectivity index (χ0n) is 9.01. The third-order valence-corrected chi connectivity index (χ3v) is 3.03. The summed E-state index contributed by atoms with van der Waals surface area (Å²) in [4.78, 5) is 15.8. The van der Waals surface area contributed by atoms with Gasteiger partial charge in [-0.05, 0) is 29.3 Å². The Labute approximate surface area is 97.6 Å². The molecule has 2 heterocycles. The predicted octanol–water partition coefficient (Wildman–Crippen LogP) is 1.94. The van der Waals surface area contributed by atoms with Gasteiger partial charge in [-0.2, -0.15) is 11.3 Å². The lowest BCUT2D eigenvalue weighted by molar-refractivity contribution is 0.718. The number of nitrogens with zero attached hydrogens (tertiary/aromatic N) is 2. The van der Waals surface area contributed by atoms with Crippen LogP contribution in [-0.2, 0) is 13.1 Å². The molecule has 5 heteroatoms. The minimum absolute atomic E-state index is 0.0692. The zero-order valence-corrected chi connectivity index (χ0v) is 9.83. The van der Waals surface area contributed by atoms with Crippen LogP contribution in [0.3, 0.4) is 0 Å². The maximum Gasteiger partial charge on any atom is 0.293 e. The Hall–Kier alpha value is -1.62. The Morgan fingerprint density at radius 1 is 1.56 bits per heavy atom. The molecule has 0 atom stereocenters. The quantitative estimate of drug-likeness (QED) is 0.881. The van der Waals surface area contributed by atoms with Crippen LogP contribution >= 0.6 is 11.3 Å². The molecule has 0 radical (unpaired) electrons. The first-order valence-electron chi connectivity index (χ1n) is 5.11. The van der Waals surface area contributed by atoms with E-state index < -0.39 is 0 Å². The Kier molecular flexibility index (Phi) is 3.36. The molecule has 84 valence electrons. The lowest BCUT2D eigenvalue weighted by Crippen LogP contribution is -2.23. The second kappa shape index (κ2) is 4.94. The van der Waals surface area contributed by atoms with Gasteiger partial charge in [0.05, 0.1) is 0 Å². The summed E-state index contributed by atoms with van der Waals surface area (Å²) in [5.74, 6) is 0.413. The zero-order chi connectivity index (χ0) is 11.4. The fraction of sp³-hybridized carbons (Fsp3) is 0.273. The summed E-state index contributed by atoms with van der Waals surface area (Å²) in [7, 11) is 0. The number of anilines is 1. The summed E-state index contributed by atoms with van der Waals surface area (Å²) < 4.78 is 1.63. The highest BCUT2D eigenvalue weighted by Crippen LogP contribution is 2.07. The van der Waals surface area contributed by atoms with Crippen molar-refractivity contribution in [3.05, 3.63) is 45.1 Å². The molecule has 2 rings (SSSR count). The van der Waals surface area contributed by atoms with E-state index >= 15 is 0 Å². The molecule has 0 spiro atoms. The molecule has 0 bridgehead atoms. The molecule has 0 aliphatic heterocycles. The summed E-state index contributed by atoms with van der Waals surface area (Å²) in [6.45, 7) is 3.23. The van der Waals surface area contributed by atoms with Gasteiger partial charge < -0.3 is 9.88 Å². The molecule has 2 aromatic heterocycles. The van der Waals surface area contributed by atoms with E-state index in [1.807, 2.05) is 23.8 Å². The number of aryl methyl sites for hydroxylation is 1. The molecule has 0 unspecified atom stereocenters. The molecule has 0 aromatic carbocycles. The molecule has 2 aromatic rings. The van der Waals surface area contributed by atoms with Crippen LogP contribution in [0.2, 0.25) is 0 Å². The van der Waals surface area contributed by atoms with E-state index in [9.17, 15) is 4.79 Å². The number of hydrogen-bond donors (Lipinski definition) is 1. The van der Waals surface area contributed by atoms with E-state index in [4.69, 9.17) is 0 Å². The fourth-order valence-electron chi connectivity index (χ4n) is 1.40. The molecule has 0 fully saturated rings. The van der Waals surface area contributed by atoms with Crippen molar-refractivity contribution < 1.29 is 0 Å². The monoisotopic (exact) mass is 235 g/mol. The van der Waals surface area contributed by atoms with Crippen molar-refractivity contribution in [2.45, 2.75) is 20.0 Å². The third-order valence-electron chi connectivity index (χ3n) is 2.29. The second-order valence-corrected chi connectivity index (χ2v) is 4.13. The van der Waals surface area contributed by atoms with Crippen molar-refractivity contribution in [3.8, 4) is 0 Å². The topological polar surface area (TPSA) is 46.9 Å². The van der Waals surface area contributed by atoms with Crippen LogP contribution < -0.4 is 10.9 Å². The van der Waals surface area contributed by atoms with Gasteiger partial charge in [0, 0.05) is 25.5 Å². The second-order valence-electron chi connectivity index (χ2n) is 3.35. The number of thiophene rings is 1. The smallest absolute Gasteiger partial charge is 0.293 e. The first-order valence-corrected chi connectivity index (χ1v) is 6.06. The van der Waals surface area contributed by atoms with E-state index in [1.165, 1.54) is 0 Å². The number of aromatic nitrogens is 2. The van der Waals surface area contributed by atoms with Crippen LogP contribution in [-0.4, -0.2) is 9.55 Å². The third kappa shape index (κ3) is 2.30. The molecular formula is C11H13N3OS. The average Bonchev–Trinajstić information content (AvgIpc) is 2.81. The van der Waals surface area contributed by atoms with Crippen molar-refractivity contribution in [2.24, 2.45) is 0 Å². The molecule has 1 N–H and O–H groups in total. The predicted molar refractivity (Wildman–Crippen MR) is 65.8 cm³/mol. The van der Waals surface area contributed by atoms with Gasteiger partial charge in [0.2, 0.25) is 0 Å².